The molecule has 0 heterocycles. The fraction of sp³-hybridized carbons (Fsp3) is 0.600. The van der Waals surface area contributed by atoms with Gasteiger partial charge in [-0.1, -0.05) is 25.8 Å². The molecule has 1 fully saturated rings. The van der Waals surface area contributed by atoms with Crippen molar-refractivity contribution in [3.63, 3.8) is 0 Å². The van der Waals surface area contributed by atoms with Crippen molar-refractivity contribution in [3.05, 3.63) is 29.6 Å². The summed E-state index contributed by atoms with van der Waals surface area (Å²) in [6.07, 6.45) is 4.23. The van der Waals surface area contributed by atoms with Crippen LogP contribution in [0.15, 0.2) is 23.1 Å². The van der Waals surface area contributed by atoms with E-state index < -0.39 is 20.7 Å². The zero-order valence-electron chi connectivity index (χ0n) is 12.2. The molecule has 1 aliphatic carbocycles. The first kappa shape index (κ1) is 16.4. The summed E-state index contributed by atoms with van der Waals surface area (Å²) in [6, 6.07) is 3.62. The van der Waals surface area contributed by atoms with E-state index in [0.29, 0.717) is 23.9 Å². The standard InChI is InChI=1S/C15H22FNO3S/c1-11-2-4-12(5-3-11)9-17-21(19,20)15-8-13(10-18)6-7-14(15)16/h6-8,11-12,17-18H,2-5,9-10H2,1H3. The summed E-state index contributed by atoms with van der Waals surface area (Å²) in [6.45, 7) is 2.23. The lowest BCUT2D eigenvalue weighted by atomic mass is 9.83. The Morgan fingerprint density at radius 1 is 1.29 bits per heavy atom. The van der Waals surface area contributed by atoms with E-state index in [4.69, 9.17) is 5.11 Å². The van der Waals surface area contributed by atoms with Crippen molar-refractivity contribution >= 4 is 10.0 Å². The number of aliphatic hydroxyl groups excluding tert-OH is 1. The molecule has 2 rings (SSSR count). The molecular formula is C15H22FNO3S. The van der Waals surface area contributed by atoms with Gasteiger partial charge >= 0.3 is 0 Å². The fourth-order valence-corrected chi connectivity index (χ4v) is 3.93. The van der Waals surface area contributed by atoms with Crippen LogP contribution in [0.25, 0.3) is 0 Å². The molecular weight excluding hydrogens is 293 g/mol. The Balaban J connectivity index is 2.05. The van der Waals surface area contributed by atoms with Crippen LogP contribution in [0.2, 0.25) is 0 Å². The lowest BCUT2D eigenvalue weighted by Gasteiger charge is -2.26. The van der Waals surface area contributed by atoms with Crippen LogP contribution in [0.3, 0.4) is 0 Å². The van der Waals surface area contributed by atoms with E-state index in [1.54, 1.807) is 0 Å². The van der Waals surface area contributed by atoms with Crippen LogP contribution in [0.4, 0.5) is 4.39 Å². The van der Waals surface area contributed by atoms with Crippen molar-refractivity contribution in [3.8, 4) is 0 Å². The maximum absolute atomic E-state index is 13.7. The predicted molar refractivity (Wildman–Crippen MR) is 78.6 cm³/mol. The van der Waals surface area contributed by atoms with Crippen molar-refractivity contribution in [2.75, 3.05) is 6.54 Å². The Morgan fingerprint density at radius 2 is 1.95 bits per heavy atom. The van der Waals surface area contributed by atoms with E-state index in [1.165, 1.54) is 12.1 Å². The predicted octanol–water partition coefficient (Wildman–Crippen LogP) is 2.42. The zero-order chi connectivity index (χ0) is 15.5. The van der Waals surface area contributed by atoms with Crippen molar-refractivity contribution in [1.82, 2.24) is 4.72 Å². The first-order valence-corrected chi connectivity index (χ1v) is 8.79. The Bertz CT molecular complexity index is 581. The molecule has 1 aromatic carbocycles. The lowest BCUT2D eigenvalue weighted by Crippen LogP contribution is -2.31. The van der Waals surface area contributed by atoms with Crippen LogP contribution >= 0.6 is 0 Å². The molecule has 1 aromatic rings. The molecule has 4 nitrogen and oxygen atoms in total. The minimum atomic E-state index is -3.87. The van der Waals surface area contributed by atoms with E-state index in [2.05, 4.69) is 11.6 Å². The second kappa shape index (κ2) is 6.85. The zero-order valence-corrected chi connectivity index (χ0v) is 13.0. The average molecular weight is 315 g/mol. The summed E-state index contributed by atoms with van der Waals surface area (Å²) in [5, 5.41) is 9.04. The molecule has 1 saturated carbocycles. The third kappa shape index (κ3) is 4.25. The van der Waals surface area contributed by atoms with Crippen LogP contribution < -0.4 is 4.72 Å². The fourth-order valence-electron chi connectivity index (χ4n) is 2.69. The number of rotatable bonds is 5. The molecule has 1 aliphatic rings. The minimum absolute atomic E-state index is 0.316. The van der Waals surface area contributed by atoms with Crippen LogP contribution in [-0.4, -0.2) is 20.1 Å². The van der Waals surface area contributed by atoms with Crippen molar-refractivity contribution in [2.45, 2.75) is 44.1 Å². The molecule has 0 radical (unpaired) electrons. The molecule has 0 spiro atoms. The van der Waals surface area contributed by atoms with Gasteiger partial charge < -0.3 is 5.11 Å². The number of aliphatic hydroxyl groups is 1. The van der Waals surface area contributed by atoms with Crippen LogP contribution in [-0.2, 0) is 16.6 Å². The average Bonchev–Trinajstić information content (AvgIpc) is 2.47. The van der Waals surface area contributed by atoms with Crippen molar-refractivity contribution in [1.29, 1.82) is 0 Å². The largest absolute Gasteiger partial charge is 0.392 e. The maximum Gasteiger partial charge on any atom is 0.243 e. The summed E-state index contributed by atoms with van der Waals surface area (Å²) in [5.74, 6) is 0.230. The van der Waals surface area contributed by atoms with E-state index in [0.717, 1.165) is 31.7 Å². The van der Waals surface area contributed by atoms with Gasteiger partial charge in [-0.25, -0.2) is 17.5 Å². The van der Waals surface area contributed by atoms with Crippen LogP contribution in [0.5, 0.6) is 0 Å². The highest BCUT2D eigenvalue weighted by atomic mass is 32.2. The van der Waals surface area contributed by atoms with Gasteiger partial charge in [0.2, 0.25) is 10.0 Å². The minimum Gasteiger partial charge on any atom is -0.392 e. The van der Waals surface area contributed by atoms with Crippen LogP contribution in [0.1, 0.15) is 38.2 Å². The highest BCUT2D eigenvalue weighted by Crippen LogP contribution is 2.28. The van der Waals surface area contributed by atoms with E-state index in [1.807, 2.05) is 0 Å². The Hall–Kier alpha value is -0.980. The van der Waals surface area contributed by atoms with E-state index in [9.17, 15) is 12.8 Å². The van der Waals surface area contributed by atoms with Crippen LogP contribution in [0, 0.1) is 17.7 Å². The van der Waals surface area contributed by atoms with Gasteiger partial charge in [-0.15, -0.1) is 0 Å². The van der Waals surface area contributed by atoms with Gasteiger partial charge in [0, 0.05) is 6.54 Å². The number of benzene rings is 1. The van der Waals surface area contributed by atoms with E-state index >= 15 is 0 Å². The Labute approximate surface area is 125 Å². The molecule has 0 aromatic heterocycles. The lowest BCUT2D eigenvalue weighted by molar-refractivity contribution is 0.281. The van der Waals surface area contributed by atoms with Crippen molar-refractivity contribution in [2.24, 2.45) is 11.8 Å². The van der Waals surface area contributed by atoms with Gasteiger partial charge in [0.05, 0.1) is 6.61 Å². The molecule has 0 unspecified atom stereocenters. The van der Waals surface area contributed by atoms with Gasteiger partial charge in [-0.2, -0.15) is 0 Å². The maximum atomic E-state index is 13.7. The number of halogens is 1. The summed E-state index contributed by atoms with van der Waals surface area (Å²) < 4.78 is 40.6. The van der Waals surface area contributed by atoms with Gasteiger partial charge in [0.25, 0.3) is 0 Å². The highest BCUT2D eigenvalue weighted by molar-refractivity contribution is 7.89. The van der Waals surface area contributed by atoms with Gasteiger partial charge in [-0.3, -0.25) is 0 Å². The molecule has 2 N–H and O–H groups in total. The molecule has 0 amide bonds. The number of sulfonamides is 1. The molecule has 0 saturated heterocycles. The third-order valence-corrected chi connectivity index (χ3v) is 5.60. The molecule has 0 atom stereocenters. The highest BCUT2D eigenvalue weighted by Gasteiger charge is 2.23. The molecule has 21 heavy (non-hydrogen) atoms. The summed E-state index contributed by atoms with van der Waals surface area (Å²) >= 11 is 0. The molecule has 0 aliphatic heterocycles. The van der Waals surface area contributed by atoms with Crippen molar-refractivity contribution < 1.29 is 17.9 Å². The number of hydrogen-bond acceptors (Lipinski definition) is 3. The van der Waals surface area contributed by atoms with E-state index in [-0.39, 0.29) is 6.61 Å². The second-order valence-electron chi connectivity index (χ2n) is 5.90. The monoisotopic (exact) mass is 315 g/mol. The third-order valence-electron chi connectivity index (χ3n) is 4.17. The second-order valence-corrected chi connectivity index (χ2v) is 7.64. The first-order valence-electron chi connectivity index (χ1n) is 7.31. The molecule has 0 bridgehead atoms. The summed E-state index contributed by atoms with van der Waals surface area (Å²) in [5.41, 5.74) is 0.378. The normalized spacial score (nSPS) is 23.2. The summed E-state index contributed by atoms with van der Waals surface area (Å²) in [4.78, 5) is -0.391. The Morgan fingerprint density at radius 3 is 2.57 bits per heavy atom. The molecule has 6 heteroatoms. The van der Waals surface area contributed by atoms with Gasteiger partial charge in [-0.05, 0) is 42.4 Å². The van der Waals surface area contributed by atoms with Gasteiger partial charge in [0.15, 0.2) is 0 Å². The number of nitrogens with one attached hydrogen (secondary N) is 1. The molecule has 118 valence electrons. The van der Waals surface area contributed by atoms with Gasteiger partial charge in [0.1, 0.15) is 10.7 Å². The smallest absolute Gasteiger partial charge is 0.243 e. The Kier molecular flexibility index (Phi) is 5.35. The first-order chi connectivity index (χ1) is 9.92. The topological polar surface area (TPSA) is 66.4 Å². The number of hydrogen-bond donors (Lipinski definition) is 2. The quantitative estimate of drug-likeness (QED) is 0.877. The summed E-state index contributed by atoms with van der Waals surface area (Å²) in [7, 11) is -3.87. The SMILES string of the molecule is CC1CCC(CNS(=O)(=O)c2cc(CO)ccc2F)CC1.